The lowest BCUT2D eigenvalue weighted by atomic mass is 9.75. The molecule has 0 bridgehead atoms. The van der Waals surface area contributed by atoms with E-state index in [-0.39, 0.29) is 11.4 Å². The molecule has 0 aromatic heterocycles. The molecule has 0 unspecified atom stereocenters. The van der Waals surface area contributed by atoms with Gasteiger partial charge in [-0.15, -0.1) is 0 Å². The molecule has 3 rings (SSSR count). The first-order valence-corrected chi connectivity index (χ1v) is 7.70. The van der Waals surface area contributed by atoms with Crippen LogP contribution in [0.5, 0.6) is 0 Å². The van der Waals surface area contributed by atoms with Crippen LogP contribution in [0.3, 0.4) is 0 Å². The summed E-state index contributed by atoms with van der Waals surface area (Å²) < 4.78 is 6.59. The van der Waals surface area contributed by atoms with Gasteiger partial charge >= 0.3 is 0 Å². The quantitative estimate of drug-likeness (QED) is 0.755. The highest BCUT2D eigenvalue weighted by atomic mass is 79.9. The molecule has 104 valence electrons. The number of benzene rings is 2. The predicted octanol–water partition coefficient (Wildman–Crippen LogP) is 4.74. The third-order valence-electron chi connectivity index (χ3n) is 4.35. The van der Waals surface area contributed by atoms with Crippen LogP contribution in [0, 0.1) is 0 Å². The van der Waals surface area contributed by atoms with Gasteiger partial charge in [-0.05, 0) is 42.2 Å². The van der Waals surface area contributed by atoms with Crippen molar-refractivity contribution in [2.24, 2.45) is 0 Å². The van der Waals surface area contributed by atoms with Crippen LogP contribution in [0.2, 0.25) is 0 Å². The number of fused-ring (bicyclic) bond motifs is 1. The maximum Gasteiger partial charge on any atom is 0.166 e. The molecule has 0 radical (unpaired) electrons. The molecule has 1 aliphatic rings. The summed E-state index contributed by atoms with van der Waals surface area (Å²) in [6.45, 7) is 0. The van der Waals surface area contributed by atoms with Crippen molar-refractivity contribution < 1.29 is 9.53 Å². The molecule has 3 heteroatoms. The maximum absolute atomic E-state index is 12.6. The molecule has 0 aliphatic heterocycles. The Morgan fingerprint density at radius 3 is 2.50 bits per heavy atom. The Kier molecular flexibility index (Phi) is 3.65. The number of methoxy groups -OCH3 is 1. The second-order valence-corrected chi connectivity index (χ2v) is 6.34. The Hall–Kier alpha value is -1.19. The first kappa shape index (κ1) is 13.8. The van der Waals surface area contributed by atoms with Gasteiger partial charge in [0.1, 0.15) is 0 Å². The molecule has 1 aliphatic carbocycles. The van der Waals surface area contributed by atoms with E-state index in [1.165, 1.54) is 0 Å². The minimum Gasteiger partial charge on any atom is -0.378 e. The fraction of sp³-hybridized carbons (Fsp3) is 0.353. The van der Waals surface area contributed by atoms with E-state index in [1.54, 1.807) is 7.11 Å². The summed E-state index contributed by atoms with van der Waals surface area (Å²) in [5, 5.41) is 2.09. The van der Waals surface area contributed by atoms with Crippen molar-refractivity contribution in [2.75, 3.05) is 7.11 Å². The van der Waals surface area contributed by atoms with Gasteiger partial charge in [0.15, 0.2) is 5.78 Å². The van der Waals surface area contributed by atoms with Crippen LogP contribution in [0.4, 0.5) is 0 Å². The van der Waals surface area contributed by atoms with Crippen LogP contribution in [0.15, 0.2) is 40.9 Å². The highest BCUT2D eigenvalue weighted by molar-refractivity contribution is 9.10. The van der Waals surface area contributed by atoms with Gasteiger partial charge in [0.05, 0.1) is 5.60 Å². The minimum atomic E-state index is -0.217. The topological polar surface area (TPSA) is 26.3 Å². The number of hydrogen-bond acceptors (Lipinski definition) is 2. The molecule has 0 heterocycles. The summed E-state index contributed by atoms with van der Waals surface area (Å²) in [7, 11) is 1.71. The lowest BCUT2D eigenvalue weighted by Gasteiger charge is -2.40. The Bertz CT molecular complexity index is 654. The van der Waals surface area contributed by atoms with E-state index in [1.807, 2.05) is 36.4 Å². The Morgan fingerprint density at radius 2 is 1.90 bits per heavy atom. The summed E-state index contributed by atoms with van der Waals surface area (Å²) in [5.41, 5.74) is 0.581. The molecule has 2 nitrogen and oxygen atoms in total. The number of hydrogen-bond donors (Lipinski definition) is 0. The van der Waals surface area contributed by atoms with Crippen molar-refractivity contribution in [1.82, 2.24) is 0 Å². The molecular formula is C17H17BrO2. The van der Waals surface area contributed by atoms with Crippen molar-refractivity contribution in [3.63, 3.8) is 0 Å². The first-order valence-electron chi connectivity index (χ1n) is 6.91. The second-order valence-electron chi connectivity index (χ2n) is 5.48. The van der Waals surface area contributed by atoms with Crippen LogP contribution < -0.4 is 0 Å². The van der Waals surface area contributed by atoms with E-state index >= 15 is 0 Å². The van der Waals surface area contributed by atoms with Crippen LogP contribution in [0.1, 0.15) is 36.0 Å². The summed E-state index contributed by atoms with van der Waals surface area (Å²) >= 11 is 3.54. The molecule has 2 aromatic rings. The van der Waals surface area contributed by atoms with Crippen molar-refractivity contribution in [2.45, 2.75) is 31.3 Å². The number of halogens is 1. The molecule has 0 amide bonds. The van der Waals surface area contributed by atoms with Crippen LogP contribution in [-0.2, 0) is 4.74 Å². The number of ether oxygens (including phenoxy) is 1. The van der Waals surface area contributed by atoms with Gasteiger partial charge in [0, 0.05) is 23.6 Å². The fourth-order valence-corrected chi connectivity index (χ4v) is 3.40. The molecule has 0 atom stereocenters. The van der Waals surface area contributed by atoms with E-state index in [9.17, 15) is 4.79 Å². The molecule has 20 heavy (non-hydrogen) atoms. The van der Waals surface area contributed by atoms with Crippen molar-refractivity contribution >= 4 is 32.5 Å². The molecule has 1 saturated carbocycles. The number of rotatable bonds is 4. The normalized spacial score (nSPS) is 16.9. The summed E-state index contributed by atoms with van der Waals surface area (Å²) in [5.74, 6) is 0.176. The molecular weight excluding hydrogens is 316 g/mol. The van der Waals surface area contributed by atoms with Gasteiger partial charge in [0.25, 0.3) is 0 Å². The van der Waals surface area contributed by atoms with Gasteiger partial charge < -0.3 is 4.74 Å². The highest BCUT2D eigenvalue weighted by Gasteiger charge is 2.39. The first-order chi connectivity index (χ1) is 9.65. The monoisotopic (exact) mass is 332 g/mol. The highest BCUT2D eigenvalue weighted by Crippen LogP contribution is 2.39. The zero-order valence-electron chi connectivity index (χ0n) is 11.5. The van der Waals surface area contributed by atoms with Crippen molar-refractivity contribution in [3.05, 3.63) is 46.4 Å². The number of ketones is 1. The molecule has 0 N–H and O–H groups in total. The number of carbonyl (C=O) groups is 1. The van der Waals surface area contributed by atoms with E-state index in [0.717, 1.165) is 40.1 Å². The van der Waals surface area contributed by atoms with Gasteiger partial charge in [-0.25, -0.2) is 0 Å². The van der Waals surface area contributed by atoms with Gasteiger partial charge in [-0.2, -0.15) is 0 Å². The third-order valence-corrected chi connectivity index (χ3v) is 5.04. The minimum absolute atomic E-state index is 0.176. The van der Waals surface area contributed by atoms with Crippen molar-refractivity contribution in [1.29, 1.82) is 0 Å². The zero-order chi connectivity index (χ0) is 14.2. The Morgan fingerprint density at radius 1 is 1.20 bits per heavy atom. The smallest absolute Gasteiger partial charge is 0.166 e. The summed E-state index contributed by atoms with van der Waals surface area (Å²) in [6, 6.07) is 11.9. The molecule has 1 fully saturated rings. The maximum atomic E-state index is 12.6. The lowest BCUT2D eigenvalue weighted by Crippen LogP contribution is -2.41. The van der Waals surface area contributed by atoms with Crippen molar-refractivity contribution in [3.8, 4) is 0 Å². The van der Waals surface area contributed by atoms with Crippen LogP contribution in [0.25, 0.3) is 10.8 Å². The average molecular weight is 333 g/mol. The molecule has 0 saturated heterocycles. The predicted molar refractivity (Wildman–Crippen MR) is 84.2 cm³/mol. The summed E-state index contributed by atoms with van der Waals surface area (Å²) in [6.07, 6.45) is 3.62. The average Bonchev–Trinajstić information content (AvgIpc) is 2.43. The fourth-order valence-electron chi connectivity index (χ4n) is 2.92. The Labute approximate surface area is 127 Å². The number of Topliss-reactive ketones (excluding diaryl/α,β-unsaturated/α-hetero) is 1. The van der Waals surface area contributed by atoms with E-state index in [4.69, 9.17) is 4.74 Å². The van der Waals surface area contributed by atoms with Crippen LogP contribution >= 0.6 is 15.9 Å². The summed E-state index contributed by atoms with van der Waals surface area (Å²) in [4.78, 5) is 12.6. The van der Waals surface area contributed by atoms with Crippen LogP contribution in [-0.4, -0.2) is 18.5 Å². The standard InChI is InChI=1S/C17H17BrO2/c1-20-17(9-4-10-17)11-16(19)14-7-8-15(18)13-6-3-2-5-12(13)14/h2-3,5-8H,4,9-11H2,1H3. The molecule has 2 aromatic carbocycles. The lowest BCUT2D eigenvalue weighted by molar-refractivity contribution is -0.0704. The van der Waals surface area contributed by atoms with E-state index < -0.39 is 0 Å². The van der Waals surface area contributed by atoms with Gasteiger partial charge in [0.2, 0.25) is 0 Å². The van der Waals surface area contributed by atoms with Gasteiger partial charge in [-0.3, -0.25) is 4.79 Å². The Balaban J connectivity index is 1.98. The van der Waals surface area contributed by atoms with E-state index in [2.05, 4.69) is 15.9 Å². The molecule has 0 spiro atoms. The zero-order valence-corrected chi connectivity index (χ0v) is 13.1. The second kappa shape index (κ2) is 5.30. The third kappa shape index (κ3) is 2.29. The largest absolute Gasteiger partial charge is 0.378 e. The van der Waals surface area contributed by atoms with E-state index in [0.29, 0.717) is 6.42 Å². The van der Waals surface area contributed by atoms with Gasteiger partial charge in [-0.1, -0.05) is 40.2 Å². The SMILES string of the molecule is COC1(CC(=O)c2ccc(Br)c3ccccc23)CCC1. The number of carbonyl (C=O) groups excluding carboxylic acids is 1.